The van der Waals surface area contributed by atoms with E-state index in [1.807, 2.05) is 42.5 Å². The fourth-order valence-corrected chi connectivity index (χ4v) is 7.32. The van der Waals surface area contributed by atoms with Crippen molar-refractivity contribution < 1.29 is 57.4 Å². The van der Waals surface area contributed by atoms with Gasteiger partial charge in [0.1, 0.15) is 18.8 Å². The molecule has 0 saturated carbocycles. The van der Waals surface area contributed by atoms with Crippen LogP contribution in [-0.2, 0) is 66.0 Å². The van der Waals surface area contributed by atoms with Crippen molar-refractivity contribution in [3.63, 3.8) is 0 Å². The molecule has 8 atom stereocenters. The summed E-state index contributed by atoms with van der Waals surface area (Å²) in [6.07, 6.45) is -6.76. The lowest BCUT2D eigenvalue weighted by Gasteiger charge is -2.44. The summed E-state index contributed by atoms with van der Waals surface area (Å²) in [5.41, 5.74) is 3.01. The largest absolute Gasteiger partial charge is 0.463 e. The van der Waals surface area contributed by atoms with E-state index in [1.54, 1.807) is 17.8 Å². The number of carbonyl (C=O) groups is 4. The van der Waals surface area contributed by atoms with Crippen LogP contribution in [0, 0.1) is 0 Å². The van der Waals surface area contributed by atoms with Gasteiger partial charge in [-0.25, -0.2) is 4.68 Å². The molecule has 2 aliphatic rings. The summed E-state index contributed by atoms with van der Waals surface area (Å²) in [4.78, 5) is 48.5. The Labute approximate surface area is 326 Å². The molecule has 55 heavy (non-hydrogen) atoms. The average Bonchev–Trinajstić information content (AvgIpc) is 3.56. The number of esters is 4. The fraction of sp³-hybridized carbons (Fsp3) is 0.500. The molecular formula is C36H43N5O12S2. The second-order valence-electron chi connectivity index (χ2n) is 12.9. The Morgan fingerprint density at radius 1 is 0.891 bits per heavy atom. The van der Waals surface area contributed by atoms with E-state index in [-0.39, 0.29) is 36.8 Å². The van der Waals surface area contributed by atoms with E-state index in [2.05, 4.69) is 20.8 Å². The molecule has 3 heterocycles. The van der Waals surface area contributed by atoms with Crippen molar-refractivity contribution in [2.75, 3.05) is 17.7 Å². The Balaban J connectivity index is 1.35. The van der Waals surface area contributed by atoms with E-state index in [1.165, 1.54) is 25.6 Å². The minimum atomic E-state index is -1.31. The number of thiocarbonyl (C=S) groups is 1. The Kier molecular flexibility index (Phi) is 14.7. The van der Waals surface area contributed by atoms with Crippen LogP contribution in [0.5, 0.6) is 0 Å². The molecule has 0 aliphatic carbocycles. The number of aliphatic hydroxyl groups excluding tert-OH is 1. The molecule has 2 saturated heterocycles. The maximum absolute atomic E-state index is 12.3. The van der Waals surface area contributed by atoms with Gasteiger partial charge >= 0.3 is 23.9 Å². The number of nitrogens with zero attached hydrogens (tertiary/aromatic N) is 4. The first-order chi connectivity index (χ1) is 26.3. The summed E-state index contributed by atoms with van der Waals surface area (Å²) in [5, 5.41) is 25.1. The van der Waals surface area contributed by atoms with Crippen LogP contribution in [0.1, 0.15) is 69.6 Å². The molecule has 17 nitrogen and oxygen atoms in total. The molecule has 296 valence electrons. The van der Waals surface area contributed by atoms with Gasteiger partial charge in [0, 0.05) is 64.6 Å². The van der Waals surface area contributed by atoms with Crippen molar-refractivity contribution in [3.05, 3.63) is 65.2 Å². The van der Waals surface area contributed by atoms with Crippen LogP contribution in [0.15, 0.2) is 53.7 Å². The van der Waals surface area contributed by atoms with Gasteiger partial charge in [0.05, 0.1) is 23.8 Å². The van der Waals surface area contributed by atoms with Gasteiger partial charge in [-0.2, -0.15) is 0 Å². The number of ether oxygens (including phenoxy) is 7. The SMILES string of the molecule is CC(=O)OC[C@H]1O[C@@H](CC(=S)Nc2cccc(C3O[C@H](CSc4nnnn4C)C[C@H](c4ccc(CO)cc4)O3)c2)[C@H](OC(C)=O)[C@@H](OC(C)=O)[C@@H]1OC(C)=O. The molecule has 1 aromatic heterocycles. The molecule has 0 amide bonds. The first kappa shape index (κ1) is 41.6. The molecule has 19 heteroatoms. The summed E-state index contributed by atoms with van der Waals surface area (Å²) >= 11 is 7.22. The molecule has 0 bridgehead atoms. The van der Waals surface area contributed by atoms with Crippen LogP contribution in [0.4, 0.5) is 5.69 Å². The zero-order valence-electron chi connectivity index (χ0n) is 30.8. The zero-order valence-corrected chi connectivity index (χ0v) is 32.4. The van der Waals surface area contributed by atoms with Crippen LogP contribution in [0.3, 0.4) is 0 Å². The van der Waals surface area contributed by atoms with Gasteiger partial charge in [-0.1, -0.05) is 60.4 Å². The Hall–Kier alpha value is -4.53. The van der Waals surface area contributed by atoms with Crippen LogP contribution in [-0.4, -0.2) is 103 Å². The first-order valence-corrected chi connectivity index (χ1v) is 18.7. The van der Waals surface area contributed by atoms with Crippen molar-refractivity contribution in [1.29, 1.82) is 0 Å². The predicted octanol–water partition coefficient (Wildman–Crippen LogP) is 3.30. The number of nitrogens with one attached hydrogen (secondary N) is 1. The maximum Gasteiger partial charge on any atom is 0.303 e. The monoisotopic (exact) mass is 801 g/mol. The predicted molar refractivity (Wildman–Crippen MR) is 197 cm³/mol. The van der Waals surface area contributed by atoms with Crippen LogP contribution in [0.25, 0.3) is 0 Å². The molecular weight excluding hydrogens is 759 g/mol. The molecule has 2 aliphatic heterocycles. The number of aliphatic hydroxyl groups is 1. The molecule has 5 rings (SSSR count). The topological polar surface area (TPSA) is 209 Å². The van der Waals surface area contributed by atoms with Crippen molar-refractivity contribution in [2.45, 2.75) is 101 Å². The highest BCUT2D eigenvalue weighted by molar-refractivity contribution is 7.99. The standard InChI is InChI=1S/C36H43N5O12S2/c1-19(43)47-17-30-33(49-21(3)45)34(50-22(4)46)32(48-20(2)44)29(52-30)15-31(54)37-26-8-6-7-25(13-26)35-51-27(18-55-36-38-39-40-41(36)5)14-28(53-35)24-11-9-23(16-42)10-12-24/h6-13,27-30,32-35,42H,14-18H2,1-5H3,(H,37,54)/t27-,28+,29-,30+,32-,33+,34+,35?/m0/s1. The van der Waals surface area contributed by atoms with Gasteiger partial charge in [-0.15, -0.1) is 5.10 Å². The number of hydrogen-bond donors (Lipinski definition) is 2. The van der Waals surface area contributed by atoms with Gasteiger partial charge in [-0.3, -0.25) is 19.2 Å². The maximum atomic E-state index is 12.3. The van der Waals surface area contributed by atoms with E-state index < -0.39 is 60.7 Å². The molecule has 2 fully saturated rings. The Morgan fingerprint density at radius 3 is 2.18 bits per heavy atom. The summed E-state index contributed by atoms with van der Waals surface area (Å²) in [7, 11) is 1.76. The van der Waals surface area contributed by atoms with E-state index in [9.17, 15) is 24.3 Å². The lowest BCUT2D eigenvalue weighted by Crippen LogP contribution is -2.62. The van der Waals surface area contributed by atoms with Crippen LogP contribution in [0.2, 0.25) is 0 Å². The number of aromatic nitrogens is 4. The third kappa shape index (κ3) is 11.7. The van der Waals surface area contributed by atoms with Crippen molar-refractivity contribution in [2.24, 2.45) is 7.05 Å². The van der Waals surface area contributed by atoms with E-state index in [0.29, 0.717) is 28.6 Å². The second kappa shape index (κ2) is 19.4. The van der Waals surface area contributed by atoms with Gasteiger partial charge in [-0.05, 0) is 33.7 Å². The molecule has 1 unspecified atom stereocenters. The van der Waals surface area contributed by atoms with E-state index in [0.717, 1.165) is 25.0 Å². The molecule has 0 spiro atoms. The fourth-order valence-electron chi connectivity index (χ4n) is 6.17. The highest BCUT2D eigenvalue weighted by Crippen LogP contribution is 2.40. The van der Waals surface area contributed by atoms with Gasteiger partial charge in [0.15, 0.2) is 24.6 Å². The Bertz CT molecular complexity index is 1830. The lowest BCUT2D eigenvalue weighted by molar-refractivity contribution is -0.251. The van der Waals surface area contributed by atoms with Crippen molar-refractivity contribution >= 4 is 58.5 Å². The molecule has 2 N–H and O–H groups in total. The zero-order chi connectivity index (χ0) is 39.6. The normalized spacial score (nSPS) is 25.0. The summed E-state index contributed by atoms with van der Waals surface area (Å²) in [6, 6.07) is 14.9. The van der Waals surface area contributed by atoms with Gasteiger partial charge < -0.3 is 43.6 Å². The summed E-state index contributed by atoms with van der Waals surface area (Å²) in [6.45, 7) is 4.28. The number of hydrogen-bond acceptors (Lipinski definition) is 17. The van der Waals surface area contributed by atoms with Crippen LogP contribution < -0.4 is 5.32 Å². The Morgan fingerprint density at radius 2 is 1.56 bits per heavy atom. The minimum Gasteiger partial charge on any atom is -0.463 e. The van der Waals surface area contributed by atoms with E-state index >= 15 is 0 Å². The number of carbonyl (C=O) groups excluding carboxylic acids is 4. The third-order valence-electron chi connectivity index (χ3n) is 8.51. The molecule has 3 aromatic rings. The van der Waals surface area contributed by atoms with Gasteiger partial charge in [0.2, 0.25) is 5.16 Å². The number of tetrazole rings is 1. The highest BCUT2D eigenvalue weighted by Gasteiger charge is 2.52. The van der Waals surface area contributed by atoms with Crippen molar-refractivity contribution in [1.82, 2.24) is 20.2 Å². The lowest BCUT2D eigenvalue weighted by atomic mass is 9.92. The minimum absolute atomic E-state index is 0.0445. The highest BCUT2D eigenvalue weighted by atomic mass is 32.2. The smallest absolute Gasteiger partial charge is 0.303 e. The van der Waals surface area contributed by atoms with Gasteiger partial charge in [0.25, 0.3) is 0 Å². The number of rotatable bonds is 14. The molecule has 0 radical (unpaired) electrons. The first-order valence-electron chi connectivity index (χ1n) is 17.4. The third-order valence-corrected chi connectivity index (χ3v) is 9.92. The van der Waals surface area contributed by atoms with E-state index in [4.69, 9.17) is 45.4 Å². The summed E-state index contributed by atoms with van der Waals surface area (Å²) < 4.78 is 42.6. The number of anilines is 1. The number of aryl methyl sites for hydroxylation is 1. The average molecular weight is 802 g/mol. The second-order valence-corrected chi connectivity index (χ2v) is 14.3. The van der Waals surface area contributed by atoms with Crippen molar-refractivity contribution in [3.8, 4) is 0 Å². The quantitative estimate of drug-likeness (QED) is 0.104. The number of benzene rings is 2. The molecule has 2 aromatic carbocycles. The summed E-state index contributed by atoms with van der Waals surface area (Å²) in [5.74, 6) is -2.22. The number of thioether (sulfide) groups is 1. The van der Waals surface area contributed by atoms with Crippen LogP contribution >= 0.6 is 24.0 Å².